The lowest BCUT2D eigenvalue weighted by Crippen LogP contribution is -2.22. The van der Waals surface area contributed by atoms with E-state index in [-0.39, 0.29) is 16.2 Å². The van der Waals surface area contributed by atoms with Crippen molar-refractivity contribution in [3.63, 3.8) is 0 Å². The van der Waals surface area contributed by atoms with Gasteiger partial charge in [0, 0.05) is 26.4 Å². The molecule has 0 spiro atoms. The van der Waals surface area contributed by atoms with Crippen LogP contribution in [0.5, 0.6) is 0 Å². The number of nitrogens with zero attached hydrogens (tertiary/aromatic N) is 5. The first-order chi connectivity index (χ1) is 8.49. The Kier molecular flexibility index (Phi) is 3.49. The number of aromatic nitrogens is 4. The Morgan fingerprint density at radius 1 is 1.33 bits per heavy atom. The van der Waals surface area contributed by atoms with Gasteiger partial charge in [-0.05, 0) is 6.07 Å². The second-order valence-corrected chi connectivity index (χ2v) is 4.43. The van der Waals surface area contributed by atoms with Gasteiger partial charge in [-0.1, -0.05) is 23.2 Å². The quantitative estimate of drug-likeness (QED) is 0.842. The summed E-state index contributed by atoms with van der Waals surface area (Å²) in [5, 5.41) is 11.8. The Labute approximate surface area is 113 Å². The largest absolute Gasteiger partial charge is 0.343 e. The van der Waals surface area contributed by atoms with Gasteiger partial charge in [0.15, 0.2) is 16.0 Å². The fraction of sp³-hybridized carbons (Fsp3) is 0.200. The van der Waals surface area contributed by atoms with E-state index in [9.17, 15) is 4.79 Å². The number of halogens is 2. The molecule has 0 aliphatic heterocycles. The van der Waals surface area contributed by atoms with E-state index >= 15 is 0 Å². The van der Waals surface area contributed by atoms with Crippen molar-refractivity contribution in [1.82, 2.24) is 24.9 Å². The maximum Gasteiger partial charge on any atom is 0.273 e. The molecule has 0 unspecified atom stereocenters. The Morgan fingerprint density at radius 3 is 2.72 bits per heavy atom. The highest BCUT2D eigenvalue weighted by atomic mass is 35.5. The lowest BCUT2D eigenvalue weighted by atomic mass is 10.4. The van der Waals surface area contributed by atoms with Gasteiger partial charge in [-0.2, -0.15) is 5.10 Å². The van der Waals surface area contributed by atoms with Crippen LogP contribution in [0.4, 0.5) is 0 Å². The van der Waals surface area contributed by atoms with Gasteiger partial charge < -0.3 is 4.90 Å². The van der Waals surface area contributed by atoms with E-state index < -0.39 is 0 Å². The third-order valence-corrected chi connectivity index (χ3v) is 2.62. The van der Waals surface area contributed by atoms with Gasteiger partial charge in [-0.3, -0.25) is 4.79 Å². The average molecular weight is 286 g/mol. The van der Waals surface area contributed by atoms with Crippen LogP contribution < -0.4 is 0 Å². The summed E-state index contributed by atoms with van der Waals surface area (Å²) in [6.07, 6.45) is 1.61. The third-order valence-electron chi connectivity index (χ3n) is 2.16. The molecular weight excluding hydrogens is 277 g/mol. The summed E-state index contributed by atoms with van der Waals surface area (Å²) in [5.74, 6) is -0.196. The number of hydrogen-bond donors (Lipinski definition) is 0. The van der Waals surface area contributed by atoms with E-state index in [4.69, 9.17) is 23.2 Å². The zero-order chi connectivity index (χ0) is 13.3. The maximum absolute atomic E-state index is 11.7. The van der Waals surface area contributed by atoms with E-state index in [1.807, 2.05) is 0 Å². The predicted molar refractivity (Wildman–Crippen MR) is 67.2 cm³/mol. The Morgan fingerprint density at radius 2 is 2.06 bits per heavy atom. The average Bonchev–Trinajstić information content (AvgIpc) is 2.80. The van der Waals surface area contributed by atoms with Crippen molar-refractivity contribution in [3.05, 3.63) is 34.3 Å². The van der Waals surface area contributed by atoms with Crippen molar-refractivity contribution in [1.29, 1.82) is 0 Å². The standard InChI is InChI=1S/C10H9Cl2N5O/c1-16(2)10(18)6-3-4-17(15-6)7-5-8(11)13-14-9(7)12/h3-5H,1-2H3. The molecule has 0 saturated carbocycles. The van der Waals surface area contributed by atoms with Gasteiger partial charge in [0.05, 0.1) is 0 Å². The summed E-state index contributed by atoms with van der Waals surface area (Å²) in [7, 11) is 3.30. The molecule has 2 aromatic heterocycles. The van der Waals surface area contributed by atoms with Crippen LogP contribution in [0.2, 0.25) is 10.3 Å². The Balaban J connectivity index is 2.41. The molecule has 8 heteroatoms. The van der Waals surface area contributed by atoms with Gasteiger partial charge in [-0.15, -0.1) is 10.2 Å². The van der Waals surface area contributed by atoms with Crippen molar-refractivity contribution in [3.8, 4) is 5.69 Å². The van der Waals surface area contributed by atoms with Gasteiger partial charge in [-0.25, -0.2) is 4.68 Å². The number of carbonyl (C=O) groups excluding carboxylic acids is 1. The summed E-state index contributed by atoms with van der Waals surface area (Å²) in [6.45, 7) is 0. The van der Waals surface area contributed by atoms with Gasteiger partial charge in [0.25, 0.3) is 5.91 Å². The number of hydrogen-bond acceptors (Lipinski definition) is 4. The molecule has 0 aromatic carbocycles. The molecule has 0 aliphatic rings. The Bertz CT molecular complexity index is 596. The van der Waals surface area contributed by atoms with Crippen LogP contribution in [0.25, 0.3) is 5.69 Å². The lowest BCUT2D eigenvalue weighted by molar-refractivity contribution is 0.0821. The third kappa shape index (κ3) is 2.44. The second-order valence-electron chi connectivity index (χ2n) is 3.69. The summed E-state index contributed by atoms with van der Waals surface area (Å²) < 4.78 is 1.43. The summed E-state index contributed by atoms with van der Waals surface area (Å²) in [6, 6.07) is 3.11. The molecule has 0 radical (unpaired) electrons. The topological polar surface area (TPSA) is 63.9 Å². The minimum Gasteiger partial charge on any atom is -0.343 e. The molecule has 0 bridgehead atoms. The van der Waals surface area contributed by atoms with Gasteiger partial charge in [0.1, 0.15) is 5.69 Å². The molecule has 6 nitrogen and oxygen atoms in total. The van der Waals surface area contributed by atoms with E-state index in [0.717, 1.165) is 0 Å². The monoisotopic (exact) mass is 285 g/mol. The highest BCUT2D eigenvalue weighted by molar-refractivity contribution is 6.32. The number of amides is 1. The van der Waals surface area contributed by atoms with Crippen LogP contribution >= 0.6 is 23.2 Å². The first-order valence-electron chi connectivity index (χ1n) is 4.95. The number of rotatable bonds is 2. The molecule has 1 amide bonds. The van der Waals surface area contributed by atoms with Crippen molar-refractivity contribution in [2.75, 3.05) is 14.1 Å². The smallest absolute Gasteiger partial charge is 0.273 e. The highest BCUT2D eigenvalue weighted by Gasteiger charge is 2.14. The minimum atomic E-state index is -0.196. The maximum atomic E-state index is 11.7. The molecule has 0 saturated heterocycles. The summed E-state index contributed by atoms with van der Waals surface area (Å²) in [5.41, 5.74) is 0.776. The fourth-order valence-corrected chi connectivity index (χ4v) is 1.63. The van der Waals surface area contributed by atoms with Crippen molar-refractivity contribution < 1.29 is 4.79 Å². The lowest BCUT2D eigenvalue weighted by Gasteiger charge is -2.07. The minimum absolute atomic E-state index is 0.159. The zero-order valence-electron chi connectivity index (χ0n) is 9.63. The summed E-state index contributed by atoms with van der Waals surface area (Å²) >= 11 is 11.6. The van der Waals surface area contributed by atoms with Crippen molar-refractivity contribution in [2.45, 2.75) is 0 Å². The Hall–Kier alpha value is -1.66. The van der Waals surface area contributed by atoms with E-state index in [2.05, 4.69) is 15.3 Å². The second kappa shape index (κ2) is 4.91. The van der Waals surface area contributed by atoms with Gasteiger partial charge in [0.2, 0.25) is 0 Å². The van der Waals surface area contributed by atoms with Crippen LogP contribution in [-0.4, -0.2) is 44.9 Å². The van der Waals surface area contributed by atoms with Crippen molar-refractivity contribution >= 4 is 29.1 Å². The first kappa shape index (κ1) is 12.8. The van der Waals surface area contributed by atoms with Crippen LogP contribution in [0, 0.1) is 0 Å². The van der Waals surface area contributed by atoms with E-state index in [1.54, 1.807) is 26.4 Å². The first-order valence-corrected chi connectivity index (χ1v) is 5.71. The molecule has 0 aliphatic carbocycles. The molecule has 0 fully saturated rings. The highest BCUT2D eigenvalue weighted by Crippen LogP contribution is 2.19. The van der Waals surface area contributed by atoms with E-state index in [1.165, 1.54) is 15.6 Å². The van der Waals surface area contributed by atoms with E-state index in [0.29, 0.717) is 11.4 Å². The molecule has 2 rings (SSSR count). The predicted octanol–water partition coefficient (Wildman–Crippen LogP) is 1.67. The van der Waals surface area contributed by atoms with Gasteiger partial charge >= 0.3 is 0 Å². The molecule has 2 heterocycles. The van der Waals surface area contributed by atoms with Crippen LogP contribution in [0.15, 0.2) is 18.3 Å². The molecule has 18 heavy (non-hydrogen) atoms. The zero-order valence-corrected chi connectivity index (χ0v) is 11.1. The molecule has 0 atom stereocenters. The van der Waals surface area contributed by atoms with Crippen molar-refractivity contribution in [2.24, 2.45) is 0 Å². The molecule has 2 aromatic rings. The number of carbonyl (C=O) groups is 1. The molecule has 94 valence electrons. The van der Waals surface area contributed by atoms with Crippen LogP contribution in [0.1, 0.15) is 10.5 Å². The van der Waals surface area contributed by atoms with Crippen LogP contribution in [0.3, 0.4) is 0 Å². The molecular formula is C10H9Cl2N5O. The summed E-state index contributed by atoms with van der Waals surface area (Å²) in [4.78, 5) is 13.1. The van der Waals surface area contributed by atoms with Crippen LogP contribution in [-0.2, 0) is 0 Å². The SMILES string of the molecule is CN(C)C(=O)c1ccn(-c2cc(Cl)nnc2Cl)n1. The molecule has 0 N–H and O–H groups in total. The fourth-order valence-electron chi connectivity index (χ4n) is 1.31. The normalized spacial score (nSPS) is 10.4.